The van der Waals surface area contributed by atoms with E-state index in [1.165, 1.54) is 0 Å². The summed E-state index contributed by atoms with van der Waals surface area (Å²) >= 11 is 0. The number of aryl methyl sites for hydroxylation is 1. The van der Waals surface area contributed by atoms with Crippen molar-refractivity contribution in [2.45, 2.75) is 44.2 Å². The zero-order chi connectivity index (χ0) is 24.7. The van der Waals surface area contributed by atoms with Gasteiger partial charge in [-0.1, -0.05) is 55.8 Å². The molecule has 0 spiro atoms. The molecule has 3 aromatic rings. The average Bonchev–Trinajstić information content (AvgIpc) is 3.34. The van der Waals surface area contributed by atoms with Crippen LogP contribution in [0.5, 0.6) is 0 Å². The maximum Gasteiger partial charge on any atom is 0.261 e. The smallest absolute Gasteiger partial charge is 0.261 e. The molecule has 2 aliphatic rings. The standard InChI is InChI=1S/C28H30N2O4S/c1-17(2)27(31)20-8-6-19(7-9-20)26-23-14-15-34-28(23)24-16-22(12-13-25(24)29-26)35(32,33)30-21-10-4-18(3)5-11-21/h4-13,16-17,23,26,28-30H,14-15H2,1-3H3/t23-,26?,28-/m0/s1. The van der Waals surface area contributed by atoms with Crippen molar-refractivity contribution in [2.75, 3.05) is 16.6 Å². The van der Waals surface area contributed by atoms with Crippen molar-refractivity contribution < 1.29 is 17.9 Å². The lowest BCUT2D eigenvalue weighted by molar-refractivity contribution is 0.0827. The largest absolute Gasteiger partial charge is 0.378 e. The molecular formula is C28H30N2O4S. The highest BCUT2D eigenvalue weighted by atomic mass is 32.2. The second-order valence-corrected chi connectivity index (χ2v) is 11.4. The van der Waals surface area contributed by atoms with E-state index in [4.69, 9.17) is 4.74 Å². The number of sulfonamides is 1. The Hall–Kier alpha value is -3.16. The Kier molecular flexibility index (Phi) is 6.15. The van der Waals surface area contributed by atoms with Crippen LogP contribution in [0.3, 0.4) is 0 Å². The van der Waals surface area contributed by atoms with Crippen molar-refractivity contribution in [1.29, 1.82) is 0 Å². The minimum Gasteiger partial charge on any atom is -0.378 e. The minimum atomic E-state index is -3.74. The second kappa shape index (κ2) is 9.13. The molecule has 2 aliphatic heterocycles. The fourth-order valence-corrected chi connectivity index (χ4v) is 6.07. The first-order chi connectivity index (χ1) is 16.7. The highest BCUT2D eigenvalue weighted by molar-refractivity contribution is 7.92. The molecule has 0 radical (unpaired) electrons. The first-order valence-corrected chi connectivity index (χ1v) is 13.5. The van der Waals surface area contributed by atoms with Gasteiger partial charge in [0.1, 0.15) is 0 Å². The Morgan fingerprint density at radius 3 is 2.43 bits per heavy atom. The molecule has 2 heterocycles. The molecule has 0 amide bonds. The maximum absolute atomic E-state index is 13.1. The van der Waals surface area contributed by atoms with Gasteiger partial charge in [0.05, 0.1) is 17.0 Å². The summed E-state index contributed by atoms with van der Waals surface area (Å²) < 4.78 is 35.0. The monoisotopic (exact) mass is 490 g/mol. The molecule has 0 aromatic heterocycles. The maximum atomic E-state index is 13.1. The number of Topliss-reactive ketones (excluding diaryl/α,β-unsaturated/α-hetero) is 1. The second-order valence-electron chi connectivity index (χ2n) is 9.73. The third-order valence-electron chi connectivity index (χ3n) is 6.90. The van der Waals surface area contributed by atoms with E-state index >= 15 is 0 Å². The van der Waals surface area contributed by atoms with Crippen LogP contribution >= 0.6 is 0 Å². The van der Waals surface area contributed by atoms with Gasteiger partial charge in [0.25, 0.3) is 10.0 Å². The molecule has 1 saturated heterocycles. The van der Waals surface area contributed by atoms with Crippen LogP contribution < -0.4 is 10.0 Å². The van der Waals surface area contributed by atoms with Gasteiger partial charge in [-0.25, -0.2) is 8.42 Å². The van der Waals surface area contributed by atoms with Crippen molar-refractivity contribution in [3.05, 3.63) is 89.0 Å². The average molecular weight is 491 g/mol. The van der Waals surface area contributed by atoms with Gasteiger partial charge >= 0.3 is 0 Å². The van der Waals surface area contributed by atoms with Crippen LogP contribution in [0, 0.1) is 18.8 Å². The molecule has 35 heavy (non-hydrogen) atoms. The summed E-state index contributed by atoms with van der Waals surface area (Å²) in [5, 5.41) is 3.61. The number of fused-ring (bicyclic) bond motifs is 3. The lowest BCUT2D eigenvalue weighted by Crippen LogP contribution is -2.29. The number of hydrogen-bond acceptors (Lipinski definition) is 5. The molecular weight excluding hydrogens is 460 g/mol. The molecule has 0 aliphatic carbocycles. The van der Waals surface area contributed by atoms with E-state index in [9.17, 15) is 13.2 Å². The number of carbonyl (C=O) groups excluding carboxylic acids is 1. The zero-order valence-electron chi connectivity index (χ0n) is 20.1. The Morgan fingerprint density at radius 1 is 1.03 bits per heavy atom. The SMILES string of the molecule is Cc1ccc(NS(=O)(=O)c2ccc3c(c2)[C@H]2OCC[C@H]2C(c2ccc(C(=O)C(C)C)cc2)N3)cc1. The van der Waals surface area contributed by atoms with Gasteiger partial charge in [0, 0.05) is 40.9 Å². The molecule has 6 nitrogen and oxygen atoms in total. The van der Waals surface area contributed by atoms with E-state index in [0.29, 0.717) is 12.3 Å². The number of ether oxygens (including phenoxy) is 1. The van der Waals surface area contributed by atoms with Crippen LogP contribution in [-0.2, 0) is 14.8 Å². The van der Waals surface area contributed by atoms with Crippen molar-refractivity contribution in [1.82, 2.24) is 0 Å². The predicted octanol–water partition coefficient (Wildman–Crippen LogP) is 5.88. The van der Waals surface area contributed by atoms with Gasteiger partial charge in [-0.3, -0.25) is 9.52 Å². The Labute approximate surface area is 206 Å². The molecule has 0 saturated carbocycles. The minimum absolute atomic E-state index is 0.0198. The number of anilines is 2. The van der Waals surface area contributed by atoms with Gasteiger partial charge in [0.2, 0.25) is 0 Å². The number of ketones is 1. The third-order valence-corrected chi connectivity index (χ3v) is 8.28. The van der Waals surface area contributed by atoms with E-state index in [2.05, 4.69) is 10.0 Å². The van der Waals surface area contributed by atoms with Crippen molar-refractivity contribution >= 4 is 27.2 Å². The normalized spacial score (nSPS) is 21.2. The summed E-state index contributed by atoms with van der Waals surface area (Å²) in [6, 6.07) is 20.3. The van der Waals surface area contributed by atoms with Gasteiger partial charge in [-0.2, -0.15) is 0 Å². The summed E-state index contributed by atoms with van der Waals surface area (Å²) in [5.74, 6) is 0.254. The van der Waals surface area contributed by atoms with Crippen molar-refractivity contribution in [3.8, 4) is 0 Å². The molecule has 5 rings (SSSR count). The Balaban J connectivity index is 1.43. The van der Waals surface area contributed by atoms with E-state index in [-0.39, 0.29) is 34.7 Å². The summed E-state index contributed by atoms with van der Waals surface area (Å²) in [6.07, 6.45) is 0.676. The summed E-state index contributed by atoms with van der Waals surface area (Å²) in [6.45, 7) is 6.39. The molecule has 7 heteroatoms. The molecule has 182 valence electrons. The van der Waals surface area contributed by atoms with E-state index in [0.717, 1.165) is 34.4 Å². The highest BCUT2D eigenvalue weighted by Crippen LogP contribution is 2.50. The number of carbonyl (C=O) groups is 1. The van der Waals surface area contributed by atoms with E-state index < -0.39 is 10.0 Å². The van der Waals surface area contributed by atoms with Gasteiger partial charge in [-0.15, -0.1) is 0 Å². The topological polar surface area (TPSA) is 84.5 Å². The van der Waals surface area contributed by atoms with Crippen LogP contribution in [-0.4, -0.2) is 20.8 Å². The first kappa shape index (κ1) is 23.6. The molecule has 2 N–H and O–H groups in total. The predicted molar refractivity (Wildman–Crippen MR) is 137 cm³/mol. The Bertz CT molecular complexity index is 1350. The van der Waals surface area contributed by atoms with Gasteiger partial charge in [0.15, 0.2) is 5.78 Å². The molecule has 0 bridgehead atoms. The van der Waals surface area contributed by atoms with Crippen LogP contribution in [0.25, 0.3) is 0 Å². The number of benzene rings is 3. The zero-order valence-corrected chi connectivity index (χ0v) is 20.9. The van der Waals surface area contributed by atoms with Crippen LogP contribution in [0.1, 0.15) is 59.5 Å². The van der Waals surface area contributed by atoms with E-state index in [1.54, 1.807) is 24.3 Å². The molecule has 3 aromatic carbocycles. The number of nitrogens with one attached hydrogen (secondary N) is 2. The van der Waals surface area contributed by atoms with E-state index in [1.807, 2.05) is 63.2 Å². The Morgan fingerprint density at radius 2 is 1.74 bits per heavy atom. The lowest BCUT2D eigenvalue weighted by atomic mass is 9.81. The first-order valence-electron chi connectivity index (χ1n) is 12.0. The summed E-state index contributed by atoms with van der Waals surface area (Å²) in [5.41, 5.74) is 5.13. The molecule has 1 fully saturated rings. The van der Waals surface area contributed by atoms with Crippen LogP contribution in [0.15, 0.2) is 71.6 Å². The van der Waals surface area contributed by atoms with Crippen molar-refractivity contribution in [2.24, 2.45) is 11.8 Å². The fourth-order valence-electron chi connectivity index (χ4n) is 4.97. The van der Waals surface area contributed by atoms with Crippen LogP contribution in [0.4, 0.5) is 11.4 Å². The van der Waals surface area contributed by atoms with Crippen LogP contribution in [0.2, 0.25) is 0 Å². The number of hydrogen-bond donors (Lipinski definition) is 2. The highest BCUT2D eigenvalue weighted by Gasteiger charge is 2.42. The summed E-state index contributed by atoms with van der Waals surface area (Å²) in [7, 11) is -3.74. The quantitative estimate of drug-likeness (QED) is 0.422. The van der Waals surface area contributed by atoms with Crippen molar-refractivity contribution in [3.63, 3.8) is 0 Å². The third kappa shape index (κ3) is 4.58. The number of rotatable bonds is 6. The summed E-state index contributed by atoms with van der Waals surface area (Å²) in [4.78, 5) is 12.5. The molecule has 3 atom stereocenters. The van der Waals surface area contributed by atoms with Gasteiger partial charge in [-0.05, 0) is 49.2 Å². The van der Waals surface area contributed by atoms with Gasteiger partial charge < -0.3 is 10.1 Å². The fraction of sp³-hybridized carbons (Fsp3) is 0.321. The lowest BCUT2D eigenvalue weighted by Gasteiger charge is -2.36. The molecule has 1 unspecified atom stereocenters.